The molecule has 0 bridgehead atoms. The summed E-state index contributed by atoms with van der Waals surface area (Å²) in [5, 5.41) is 25.7. The molecule has 16 nitrogen and oxygen atoms in total. The Morgan fingerprint density at radius 2 is 1.31 bits per heavy atom. The Labute approximate surface area is 203 Å². The standard InChI is InChI=1S/C19H38N10O6/c1-9(14(31)29-13(10(2)30)17(34)35)27-16(33)12(6-4-8-26-19(23)24)28-15(32)11(20)5-3-7-25-18(21)22/h9-13,30H,3-8,20H2,1-2H3,(H,27,33)(H,28,32)(H,29,31)(H,34,35)(H4,21,22,25)(H4,23,24,26). The molecule has 16 heteroatoms. The lowest BCUT2D eigenvalue weighted by Crippen LogP contribution is -2.57. The highest BCUT2D eigenvalue weighted by atomic mass is 16.4. The van der Waals surface area contributed by atoms with Crippen LogP contribution < -0.4 is 44.6 Å². The van der Waals surface area contributed by atoms with E-state index >= 15 is 0 Å². The molecule has 0 fully saturated rings. The predicted octanol–water partition coefficient (Wildman–Crippen LogP) is -4.64. The SMILES string of the molecule is CC(NC(=O)C(CCCN=C(N)N)NC(=O)C(N)CCCN=C(N)N)C(=O)NC(C(=O)O)C(C)O. The van der Waals surface area contributed by atoms with Crippen LogP contribution in [0.15, 0.2) is 9.98 Å². The first kappa shape index (κ1) is 31.3. The molecule has 0 heterocycles. The van der Waals surface area contributed by atoms with E-state index in [4.69, 9.17) is 33.8 Å². The molecule has 0 spiro atoms. The minimum absolute atomic E-state index is 0.0817. The van der Waals surface area contributed by atoms with Crippen LogP contribution in [0.2, 0.25) is 0 Å². The molecule has 0 radical (unpaired) electrons. The third-order valence-electron chi connectivity index (χ3n) is 4.68. The van der Waals surface area contributed by atoms with Crippen LogP contribution in [-0.4, -0.2) is 89.2 Å². The van der Waals surface area contributed by atoms with Gasteiger partial charge in [0.1, 0.15) is 12.1 Å². The maximum atomic E-state index is 12.8. The van der Waals surface area contributed by atoms with Crippen molar-refractivity contribution in [3.8, 4) is 0 Å². The first-order valence-corrected chi connectivity index (χ1v) is 10.9. The molecule has 0 aliphatic carbocycles. The largest absolute Gasteiger partial charge is 0.480 e. The maximum absolute atomic E-state index is 12.8. The fourth-order valence-corrected chi connectivity index (χ4v) is 2.75. The molecule has 0 saturated heterocycles. The molecule has 0 saturated carbocycles. The highest BCUT2D eigenvalue weighted by Crippen LogP contribution is 2.03. The van der Waals surface area contributed by atoms with E-state index in [-0.39, 0.29) is 37.9 Å². The van der Waals surface area contributed by atoms with Gasteiger partial charge in [-0.2, -0.15) is 0 Å². The minimum atomic E-state index is -1.56. The molecule has 0 aromatic carbocycles. The summed E-state index contributed by atoms with van der Waals surface area (Å²) in [5.41, 5.74) is 26.9. The van der Waals surface area contributed by atoms with Gasteiger partial charge in [0.2, 0.25) is 17.7 Å². The molecule has 200 valence electrons. The minimum Gasteiger partial charge on any atom is -0.480 e. The zero-order valence-electron chi connectivity index (χ0n) is 19.9. The van der Waals surface area contributed by atoms with E-state index in [0.29, 0.717) is 12.8 Å². The summed E-state index contributed by atoms with van der Waals surface area (Å²) in [6.45, 7) is 2.99. The summed E-state index contributed by atoms with van der Waals surface area (Å²) >= 11 is 0. The number of nitrogens with two attached hydrogens (primary N) is 5. The van der Waals surface area contributed by atoms with Crippen LogP contribution in [0.5, 0.6) is 0 Å². The zero-order chi connectivity index (χ0) is 27.1. The number of carboxylic acids is 1. The first-order valence-electron chi connectivity index (χ1n) is 10.9. The van der Waals surface area contributed by atoms with Crippen LogP contribution in [0.4, 0.5) is 0 Å². The highest BCUT2D eigenvalue weighted by molar-refractivity contribution is 5.94. The average molecular weight is 503 g/mol. The molecule has 0 rings (SSSR count). The third kappa shape index (κ3) is 13.6. The van der Waals surface area contributed by atoms with Gasteiger partial charge in [-0.15, -0.1) is 0 Å². The number of aliphatic carboxylic acids is 1. The number of nitrogens with zero attached hydrogens (tertiary/aromatic N) is 2. The van der Waals surface area contributed by atoms with Gasteiger partial charge in [-0.1, -0.05) is 0 Å². The van der Waals surface area contributed by atoms with E-state index in [0.717, 1.165) is 0 Å². The van der Waals surface area contributed by atoms with Gasteiger partial charge in [0.25, 0.3) is 0 Å². The quantitative estimate of drug-likeness (QED) is 0.0543. The molecule has 0 aliphatic heterocycles. The number of rotatable bonds is 16. The zero-order valence-corrected chi connectivity index (χ0v) is 19.9. The molecule has 5 atom stereocenters. The lowest BCUT2D eigenvalue weighted by atomic mass is 10.1. The van der Waals surface area contributed by atoms with Crippen molar-refractivity contribution in [2.24, 2.45) is 38.7 Å². The fourth-order valence-electron chi connectivity index (χ4n) is 2.75. The van der Waals surface area contributed by atoms with E-state index in [1.807, 2.05) is 0 Å². The van der Waals surface area contributed by atoms with Crippen molar-refractivity contribution in [3.63, 3.8) is 0 Å². The second-order valence-electron chi connectivity index (χ2n) is 7.86. The van der Waals surface area contributed by atoms with Crippen molar-refractivity contribution in [2.45, 2.75) is 69.8 Å². The van der Waals surface area contributed by atoms with Gasteiger partial charge in [0.05, 0.1) is 12.1 Å². The van der Waals surface area contributed by atoms with Gasteiger partial charge >= 0.3 is 5.97 Å². The van der Waals surface area contributed by atoms with Crippen molar-refractivity contribution in [2.75, 3.05) is 13.1 Å². The fraction of sp³-hybridized carbons (Fsp3) is 0.684. The molecule has 3 amide bonds. The van der Waals surface area contributed by atoms with Crippen LogP contribution in [0, 0.1) is 0 Å². The van der Waals surface area contributed by atoms with Gasteiger partial charge < -0.3 is 54.8 Å². The monoisotopic (exact) mass is 502 g/mol. The maximum Gasteiger partial charge on any atom is 0.328 e. The van der Waals surface area contributed by atoms with Crippen molar-refractivity contribution >= 4 is 35.6 Å². The Balaban J connectivity index is 5.17. The summed E-state index contributed by atoms with van der Waals surface area (Å²) in [6.07, 6.45) is -0.247. The lowest BCUT2D eigenvalue weighted by molar-refractivity contribution is -0.145. The molecular formula is C19H38N10O6. The Morgan fingerprint density at radius 3 is 1.77 bits per heavy atom. The molecule has 0 aromatic rings. The van der Waals surface area contributed by atoms with E-state index in [1.54, 1.807) is 0 Å². The smallest absolute Gasteiger partial charge is 0.328 e. The van der Waals surface area contributed by atoms with E-state index in [2.05, 4.69) is 25.9 Å². The molecule has 35 heavy (non-hydrogen) atoms. The van der Waals surface area contributed by atoms with Crippen molar-refractivity contribution in [1.82, 2.24) is 16.0 Å². The number of carboxylic acid groups (broad SMARTS) is 1. The number of hydrogen-bond donors (Lipinski definition) is 10. The van der Waals surface area contributed by atoms with Crippen molar-refractivity contribution in [3.05, 3.63) is 0 Å². The van der Waals surface area contributed by atoms with Crippen LogP contribution in [0.1, 0.15) is 39.5 Å². The Bertz CT molecular complexity index is 780. The number of aliphatic hydroxyl groups excluding tert-OH is 1. The van der Waals surface area contributed by atoms with E-state index in [1.165, 1.54) is 13.8 Å². The second-order valence-corrected chi connectivity index (χ2v) is 7.86. The molecule has 5 unspecified atom stereocenters. The number of nitrogens with one attached hydrogen (secondary N) is 3. The molecule has 0 aliphatic rings. The van der Waals surface area contributed by atoms with Crippen molar-refractivity contribution in [1.29, 1.82) is 0 Å². The number of carbonyl (C=O) groups excluding carboxylic acids is 3. The normalized spacial score (nSPS) is 14.9. The summed E-state index contributed by atoms with van der Waals surface area (Å²) in [7, 11) is 0. The predicted molar refractivity (Wildman–Crippen MR) is 129 cm³/mol. The number of guanidine groups is 2. The first-order chi connectivity index (χ1) is 16.3. The average Bonchev–Trinajstić information content (AvgIpc) is 2.75. The van der Waals surface area contributed by atoms with Gasteiger partial charge in [-0.3, -0.25) is 24.4 Å². The summed E-state index contributed by atoms with van der Waals surface area (Å²) in [4.78, 5) is 56.4. The number of aliphatic imine (C=N–C) groups is 2. The second kappa shape index (κ2) is 16.0. The Hall–Kier alpha value is -3.66. The number of aliphatic hydroxyl groups is 1. The number of hydrogen-bond acceptors (Lipinski definition) is 8. The number of amides is 3. The van der Waals surface area contributed by atoms with Gasteiger partial charge in [-0.25, -0.2) is 4.79 Å². The Morgan fingerprint density at radius 1 is 0.800 bits per heavy atom. The summed E-state index contributed by atoms with van der Waals surface area (Å²) in [6, 6.07) is -4.76. The van der Waals surface area contributed by atoms with Crippen LogP contribution in [0.25, 0.3) is 0 Å². The third-order valence-corrected chi connectivity index (χ3v) is 4.68. The van der Waals surface area contributed by atoms with Gasteiger partial charge in [0.15, 0.2) is 18.0 Å². The summed E-state index contributed by atoms with van der Waals surface area (Å²) < 4.78 is 0. The lowest BCUT2D eigenvalue weighted by Gasteiger charge is -2.24. The highest BCUT2D eigenvalue weighted by Gasteiger charge is 2.29. The molecular weight excluding hydrogens is 464 g/mol. The topological polar surface area (TPSA) is 300 Å². The van der Waals surface area contributed by atoms with E-state index < -0.39 is 54.0 Å². The Kier molecular flexibility index (Phi) is 14.4. The van der Waals surface area contributed by atoms with Gasteiger partial charge in [-0.05, 0) is 39.5 Å². The van der Waals surface area contributed by atoms with Crippen LogP contribution in [-0.2, 0) is 19.2 Å². The van der Waals surface area contributed by atoms with Crippen molar-refractivity contribution < 1.29 is 29.4 Å². The molecule has 15 N–H and O–H groups in total. The molecule has 0 aromatic heterocycles. The van der Waals surface area contributed by atoms with Crippen LogP contribution >= 0.6 is 0 Å². The summed E-state index contributed by atoms with van der Waals surface area (Å²) in [5.74, 6) is -3.80. The number of carbonyl (C=O) groups is 4. The van der Waals surface area contributed by atoms with Gasteiger partial charge in [0, 0.05) is 13.1 Å². The van der Waals surface area contributed by atoms with Crippen LogP contribution in [0.3, 0.4) is 0 Å². The van der Waals surface area contributed by atoms with E-state index in [9.17, 15) is 24.3 Å².